The zero-order chi connectivity index (χ0) is 18.8. The van der Waals surface area contributed by atoms with Crippen LogP contribution in [0.2, 0.25) is 0 Å². The summed E-state index contributed by atoms with van der Waals surface area (Å²) in [6, 6.07) is 5.57. The highest BCUT2D eigenvalue weighted by atomic mass is 16.5. The summed E-state index contributed by atoms with van der Waals surface area (Å²) in [5, 5.41) is 24.6. The summed E-state index contributed by atoms with van der Waals surface area (Å²) < 4.78 is 6.85. The van der Waals surface area contributed by atoms with Crippen molar-refractivity contribution in [1.82, 2.24) is 24.5 Å². The lowest BCUT2D eigenvalue weighted by Crippen LogP contribution is -2.36. The summed E-state index contributed by atoms with van der Waals surface area (Å²) in [7, 11) is 1.58. The van der Waals surface area contributed by atoms with Gasteiger partial charge in [0.2, 0.25) is 5.95 Å². The van der Waals surface area contributed by atoms with Crippen LogP contribution in [0.3, 0.4) is 0 Å². The van der Waals surface area contributed by atoms with Crippen molar-refractivity contribution in [2.45, 2.75) is 32.6 Å². The summed E-state index contributed by atoms with van der Waals surface area (Å²) in [6.07, 6.45) is -1.05. The Morgan fingerprint density at radius 3 is 2.50 bits per heavy atom. The fourth-order valence-electron chi connectivity index (χ4n) is 3.05. The lowest BCUT2D eigenvalue weighted by molar-refractivity contribution is 0.0780. The minimum Gasteiger partial charge on any atom is -0.494 e. The molecule has 0 fully saturated rings. The molecule has 0 saturated carbocycles. The Bertz CT molecular complexity index is 898. The van der Waals surface area contributed by atoms with Crippen molar-refractivity contribution >= 4 is 22.5 Å². The number of rotatable bonds is 7. The Hall–Kier alpha value is -2.49. The number of aromatic nitrogens is 4. The maximum Gasteiger partial charge on any atom is 0.223 e. The van der Waals surface area contributed by atoms with Crippen LogP contribution in [0, 0.1) is 0 Å². The molecule has 0 saturated heterocycles. The standard InChI is InChI=1S/C17H24N6O3/c1-10(24)7-22(8-11(2)25)9-14-19-16-12-5-4-6-13(26-3)15(12)20-17(18)23(16)21-14/h4-6,10-11,24-25H,7-9H2,1-3H3,(H2,18,20). The first kappa shape index (κ1) is 18.3. The van der Waals surface area contributed by atoms with E-state index in [0.717, 1.165) is 5.39 Å². The van der Waals surface area contributed by atoms with E-state index in [1.165, 1.54) is 4.52 Å². The van der Waals surface area contributed by atoms with E-state index in [0.29, 0.717) is 42.4 Å². The first-order chi connectivity index (χ1) is 12.4. The Morgan fingerprint density at radius 2 is 1.88 bits per heavy atom. The van der Waals surface area contributed by atoms with Crippen LogP contribution in [-0.4, -0.2) is 67.1 Å². The summed E-state index contributed by atoms with van der Waals surface area (Å²) in [6.45, 7) is 4.59. The molecule has 3 aromatic rings. The van der Waals surface area contributed by atoms with E-state index in [4.69, 9.17) is 10.5 Å². The number of benzene rings is 1. The molecule has 3 rings (SSSR count). The molecule has 0 aliphatic heterocycles. The second kappa shape index (κ2) is 7.40. The monoisotopic (exact) mass is 360 g/mol. The van der Waals surface area contributed by atoms with Crippen molar-refractivity contribution in [2.24, 2.45) is 0 Å². The number of fused-ring (bicyclic) bond motifs is 3. The topological polar surface area (TPSA) is 122 Å². The molecule has 9 heteroatoms. The van der Waals surface area contributed by atoms with Crippen molar-refractivity contribution in [1.29, 1.82) is 0 Å². The van der Waals surface area contributed by atoms with E-state index in [1.807, 2.05) is 23.1 Å². The number of aliphatic hydroxyl groups excluding tert-OH is 2. The zero-order valence-electron chi connectivity index (χ0n) is 15.1. The van der Waals surface area contributed by atoms with Crippen LogP contribution in [0.15, 0.2) is 18.2 Å². The average molecular weight is 360 g/mol. The summed E-state index contributed by atoms with van der Waals surface area (Å²) in [5.74, 6) is 1.37. The molecule has 0 radical (unpaired) electrons. The second-order valence-electron chi connectivity index (χ2n) is 6.48. The van der Waals surface area contributed by atoms with Gasteiger partial charge in [0, 0.05) is 18.5 Å². The smallest absolute Gasteiger partial charge is 0.223 e. The highest BCUT2D eigenvalue weighted by Crippen LogP contribution is 2.27. The molecule has 0 aliphatic carbocycles. The number of hydrogen-bond donors (Lipinski definition) is 3. The van der Waals surface area contributed by atoms with Crippen LogP contribution < -0.4 is 10.5 Å². The number of hydrogen-bond acceptors (Lipinski definition) is 8. The van der Waals surface area contributed by atoms with Gasteiger partial charge in [-0.2, -0.15) is 4.52 Å². The fourth-order valence-corrected chi connectivity index (χ4v) is 3.05. The zero-order valence-corrected chi connectivity index (χ0v) is 15.1. The van der Waals surface area contributed by atoms with Crippen LogP contribution in [-0.2, 0) is 6.54 Å². The molecule has 2 aromatic heterocycles. The molecule has 2 heterocycles. The van der Waals surface area contributed by atoms with Crippen molar-refractivity contribution in [2.75, 3.05) is 25.9 Å². The molecule has 26 heavy (non-hydrogen) atoms. The number of nitrogens with zero attached hydrogens (tertiary/aromatic N) is 5. The van der Waals surface area contributed by atoms with Gasteiger partial charge in [0.1, 0.15) is 11.3 Å². The number of aliphatic hydroxyl groups is 2. The Labute approximate surface area is 151 Å². The molecule has 0 spiro atoms. The number of nitrogen functional groups attached to an aromatic ring is 1. The van der Waals surface area contributed by atoms with Gasteiger partial charge in [-0.3, -0.25) is 4.90 Å². The predicted molar refractivity (Wildman–Crippen MR) is 97.9 cm³/mol. The van der Waals surface area contributed by atoms with Crippen LogP contribution in [0.4, 0.5) is 5.95 Å². The summed E-state index contributed by atoms with van der Waals surface area (Å²) in [5.41, 5.74) is 7.27. The van der Waals surface area contributed by atoms with Crippen molar-refractivity contribution < 1.29 is 14.9 Å². The third-order valence-electron chi connectivity index (χ3n) is 3.96. The van der Waals surface area contributed by atoms with Crippen LogP contribution >= 0.6 is 0 Å². The molecule has 4 N–H and O–H groups in total. The first-order valence-electron chi connectivity index (χ1n) is 8.45. The molecule has 0 bridgehead atoms. The van der Waals surface area contributed by atoms with Gasteiger partial charge in [-0.05, 0) is 26.0 Å². The van der Waals surface area contributed by atoms with Crippen molar-refractivity contribution in [3.63, 3.8) is 0 Å². The highest BCUT2D eigenvalue weighted by molar-refractivity contribution is 5.95. The van der Waals surface area contributed by atoms with E-state index in [1.54, 1.807) is 21.0 Å². The third-order valence-corrected chi connectivity index (χ3v) is 3.96. The number of methoxy groups -OCH3 is 1. The molecule has 0 aliphatic rings. The first-order valence-corrected chi connectivity index (χ1v) is 8.45. The Morgan fingerprint density at radius 1 is 1.19 bits per heavy atom. The van der Waals surface area contributed by atoms with E-state index in [2.05, 4.69) is 15.1 Å². The summed E-state index contributed by atoms with van der Waals surface area (Å²) >= 11 is 0. The summed E-state index contributed by atoms with van der Waals surface area (Å²) in [4.78, 5) is 10.9. The van der Waals surface area contributed by atoms with Gasteiger partial charge in [0.15, 0.2) is 11.5 Å². The largest absolute Gasteiger partial charge is 0.494 e. The third kappa shape index (κ3) is 3.69. The molecule has 1 aromatic carbocycles. The van der Waals surface area contributed by atoms with Gasteiger partial charge >= 0.3 is 0 Å². The van der Waals surface area contributed by atoms with E-state index in [9.17, 15) is 10.2 Å². The second-order valence-corrected chi connectivity index (χ2v) is 6.48. The molecule has 9 nitrogen and oxygen atoms in total. The quantitative estimate of drug-likeness (QED) is 0.554. The normalized spacial score (nSPS) is 14.2. The molecule has 140 valence electrons. The SMILES string of the molecule is COc1cccc2c1nc(N)n1nc(CN(CC(C)O)CC(C)O)nc21. The average Bonchev–Trinajstić information content (AvgIpc) is 2.97. The van der Waals surface area contributed by atoms with E-state index in [-0.39, 0.29) is 5.95 Å². The van der Waals surface area contributed by atoms with Gasteiger partial charge in [0.05, 0.1) is 25.9 Å². The van der Waals surface area contributed by atoms with E-state index >= 15 is 0 Å². The molecule has 2 atom stereocenters. The highest BCUT2D eigenvalue weighted by Gasteiger charge is 2.18. The Balaban J connectivity index is 2.02. The number of para-hydroxylation sites is 1. The minimum absolute atomic E-state index is 0.216. The van der Waals surface area contributed by atoms with Gasteiger partial charge < -0.3 is 20.7 Å². The predicted octanol–water partition coefficient (Wildman–Crippen LogP) is 0.432. The fraction of sp³-hybridized carbons (Fsp3) is 0.471. The van der Waals surface area contributed by atoms with Crippen LogP contribution in [0.25, 0.3) is 16.6 Å². The van der Waals surface area contributed by atoms with Crippen LogP contribution in [0.5, 0.6) is 5.75 Å². The van der Waals surface area contributed by atoms with Crippen molar-refractivity contribution in [3.05, 3.63) is 24.0 Å². The molecular weight excluding hydrogens is 336 g/mol. The maximum atomic E-state index is 9.68. The lowest BCUT2D eigenvalue weighted by atomic mass is 10.2. The van der Waals surface area contributed by atoms with E-state index < -0.39 is 12.2 Å². The Kier molecular flexibility index (Phi) is 5.21. The number of ether oxygens (including phenoxy) is 1. The molecule has 0 amide bonds. The molecular formula is C17H24N6O3. The van der Waals surface area contributed by atoms with Gasteiger partial charge in [0.25, 0.3) is 0 Å². The minimum atomic E-state index is -0.525. The van der Waals surface area contributed by atoms with Crippen molar-refractivity contribution in [3.8, 4) is 5.75 Å². The van der Waals surface area contributed by atoms with Crippen LogP contribution in [0.1, 0.15) is 19.7 Å². The molecule has 2 unspecified atom stereocenters. The number of nitrogens with two attached hydrogens (primary N) is 1. The number of anilines is 1. The van der Waals surface area contributed by atoms with Gasteiger partial charge in [-0.1, -0.05) is 6.07 Å². The maximum absolute atomic E-state index is 9.68. The lowest BCUT2D eigenvalue weighted by Gasteiger charge is -2.23. The van der Waals surface area contributed by atoms with Gasteiger partial charge in [-0.25, -0.2) is 9.97 Å². The van der Waals surface area contributed by atoms with Gasteiger partial charge in [-0.15, -0.1) is 5.10 Å².